The van der Waals surface area contributed by atoms with E-state index in [9.17, 15) is 13.2 Å². The smallest absolute Gasteiger partial charge is 0.320 e. The molecule has 1 aromatic heterocycles. The number of hydrogen-bond acceptors (Lipinski definition) is 4. The highest BCUT2D eigenvalue weighted by Gasteiger charge is 2.18. The van der Waals surface area contributed by atoms with Gasteiger partial charge in [0.05, 0.1) is 0 Å². The minimum absolute atomic E-state index is 0.307. The molecule has 90 valence electrons. The highest BCUT2D eigenvalue weighted by atomic mass is 32.2. The molecule has 0 aliphatic carbocycles. The second-order valence-corrected chi connectivity index (χ2v) is 6.04. The highest BCUT2D eigenvalue weighted by molar-refractivity contribution is 7.90. The summed E-state index contributed by atoms with van der Waals surface area (Å²) < 4.78 is 24.9. The molecule has 0 aliphatic heterocycles. The van der Waals surface area contributed by atoms with Gasteiger partial charge in [0.2, 0.25) is 10.0 Å². The van der Waals surface area contributed by atoms with E-state index >= 15 is 0 Å². The van der Waals surface area contributed by atoms with Crippen molar-refractivity contribution in [3.8, 4) is 0 Å². The van der Waals surface area contributed by atoms with Crippen LogP contribution in [0.2, 0.25) is 0 Å². The SMILES string of the molecule is CC(Cc1ccsc1)NS(=O)(=O)CC(=O)O. The number of carboxylic acids is 1. The Balaban J connectivity index is 2.51. The number of thiophene rings is 1. The molecule has 0 fully saturated rings. The molecule has 0 spiro atoms. The Morgan fingerprint density at radius 1 is 1.62 bits per heavy atom. The molecule has 0 radical (unpaired) electrons. The summed E-state index contributed by atoms with van der Waals surface area (Å²) in [6.07, 6.45) is 0.558. The fourth-order valence-corrected chi connectivity index (χ4v) is 3.10. The predicted octanol–water partition coefficient (Wildman–Crippen LogP) is 0.683. The summed E-state index contributed by atoms with van der Waals surface area (Å²) in [4.78, 5) is 10.3. The number of rotatable bonds is 6. The third kappa shape index (κ3) is 4.73. The summed E-state index contributed by atoms with van der Waals surface area (Å²) >= 11 is 1.54. The van der Waals surface area contributed by atoms with Crippen LogP contribution in [-0.4, -0.2) is 31.3 Å². The molecule has 0 saturated carbocycles. The molecule has 0 saturated heterocycles. The summed E-state index contributed by atoms with van der Waals surface area (Å²) in [5.41, 5.74) is 1.04. The first kappa shape index (κ1) is 13.1. The van der Waals surface area contributed by atoms with Gasteiger partial charge in [-0.2, -0.15) is 11.3 Å². The standard InChI is InChI=1S/C9H13NO4S2/c1-7(4-8-2-3-15-5-8)10-16(13,14)6-9(11)12/h2-3,5,7,10H,4,6H2,1H3,(H,11,12). The third-order valence-corrected chi connectivity index (χ3v) is 3.94. The van der Waals surface area contributed by atoms with Crippen LogP contribution in [-0.2, 0) is 21.2 Å². The van der Waals surface area contributed by atoms with Crippen molar-refractivity contribution >= 4 is 27.3 Å². The second-order valence-electron chi connectivity index (χ2n) is 3.51. The van der Waals surface area contributed by atoms with Crippen molar-refractivity contribution in [2.45, 2.75) is 19.4 Å². The van der Waals surface area contributed by atoms with Crippen LogP contribution in [0, 0.1) is 0 Å². The normalized spacial score (nSPS) is 13.6. The molecule has 0 aromatic carbocycles. The van der Waals surface area contributed by atoms with Crippen molar-refractivity contribution in [2.75, 3.05) is 5.75 Å². The van der Waals surface area contributed by atoms with E-state index < -0.39 is 21.7 Å². The fourth-order valence-electron chi connectivity index (χ4n) is 1.31. The van der Waals surface area contributed by atoms with Crippen LogP contribution < -0.4 is 4.72 Å². The Kier molecular flexibility index (Phi) is 4.45. The second kappa shape index (κ2) is 5.42. The lowest BCUT2D eigenvalue weighted by Crippen LogP contribution is -2.37. The van der Waals surface area contributed by atoms with Gasteiger partial charge in [0.15, 0.2) is 5.75 Å². The zero-order chi connectivity index (χ0) is 12.2. The van der Waals surface area contributed by atoms with Crippen LogP contribution in [0.4, 0.5) is 0 Å². The van der Waals surface area contributed by atoms with E-state index in [1.54, 1.807) is 6.92 Å². The Bertz CT molecular complexity index is 438. The maximum absolute atomic E-state index is 11.3. The average molecular weight is 263 g/mol. The lowest BCUT2D eigenvalue weighted by atomic mass is 10.1. The number of nitrogens with one attached hydrogen (secondary N) is 1. The predicted molar refractivity (Wildman–Crippen MR) is 62.0 cm³/mol. The van der Waals surface area contributed by atoms with Gasteiger partial charge in [-0.15, -0.1) is 0 Å². The number of carbonyl (C=O) groups is 1. The van der Waals surface area contributed by atoms with Crippen molar-refractivity contribution < 1.29 is 18.3 Å². The molecule has 0 aliphatic rings. The number of sulfonamides is 1. The molecule has 7 heteroatoms. The fraction of sp³-hybridized carbons (Fsp3) is 0.444. The van der Waals surface area contributed by atoms with Gasteiger partial charge in [-0.3, -0.25) is 4.79 Å². The van der Waals surface area contributed by atoms with Crippen molar-refractivity contribution in [1.29, 1.82) is 0 Å². The van der Waals surface area contributed by atoms with Gasteiger partial charge in [0.25, 0.3) is 0 Å². The molecular weight excluding hydrogens is 250 g/mol. The largest absolute Gasteiger partial charge is 0.480 e. The van der Waals surface area contributed by atoms with Crippen LogP contribution in [0.15, 0.2) is 16.8 Å². The summed E-state index contributed by atoms with van der Waals surface area (Å²) in [6.45, 7) is 1.71. The lowest BCUT2D eigenvalue weighted by molar-refractivity contribution is -0.134. The van der Waals surface area contributed by atoms with Gasteiger partial charge >= 0.3 is 5.97 Å². The Morgan fingerprint density at radius 2 is 2.31 bits per heavy atom. The van der Waals surface area contributed by atoms with Gasteiger partial charge < -0.3 is 5.11 Å². The zero-order valence-electron chi connectivity index (χ0n) is 8.71. The van der Waals surface area contributed by atoms with E-state index in [0.29, 0.717) is 6.42 Å². The first-order valence-electron chi connectivity index (χ1n) is 4.62. The van der Waals surface area contributed by atoms with Gasteiger partial charge in [0, 0.05) is 6.04 Å². The molecule has 16 heavy (non-hydrogen) atoms. The summed E-state index contributed by atoms with van der Waals surface area (Å²) in [7, 11) is -3.73. The van der Waals surface area contributed by atoms with Crippen molar-refractivity contribution in [1.82, 2.24) is 4.72 Å². The van der Waals surface area contributed by atoms with Gasteiger partial charge in [-0.05, 0) is 35.7 Å². The Morgan fingerprint density at radius 3 is 2.81 bits per heavy atom. The lowest BCUT2D eigenvalue weighted by Gasteiger charge is -2.12. The van der Waals surface area contributed by atoms with Crippen LogP contribution >= 0.6 is 11.3 Å². The molecule has 5 nitrogen and oxygen atoms in total. The molecule has 0 amide bonds. The molecule has 1 rings (SSSR count). The number of aliphatic carboxylic acids is 1. The molecule has 1 unspecified atom stereocenters. The topological polar surface area (TPSA) is 83.5 Å². The summed E-state index contributed by atoms with van der Waals surface area (Å²) in [6, 6.07) is 1.60. The highest BCUT2D eigenvalue weighted by Crippen LogP contribution is 2.08. The van der Waals surface area contributed by atoms with E-state index in [1.165, 1.54) is 11.3 Å². The van der Waals surface area contributed by atoms with Gasteiger partial charge in [-0.25, -0.2) is 13.1 Å². The summed E-state index contributed by atoms with van der Waals surface area (Å²) in [5, 5.41) is 12.2. The number of carboxylic acid groups (broad SMARTS) is 1. The average Bonchev–Trinajstić information content (AvgIpc) is 2.51. The van der Waals surface area contributed by atoms with E-state index in [0.717, 1.165) is 5.56 Å². The first-order valence-corrected chi connectivity index (χ1v) is 7.21. The molecule has 1 atom stereocenters. The molecule has 2 N–H and O–H groups in total. The monoisotopic (exact) mass is 263 g/mol. The van der Waals surface area contributed by atoms with Gasteiger partial charge in [-0.1, -0.05) is 0 Å². The van der Waals surface area contributed by atoms with Crippen molar-refractivity contribution in [3.05, 3.63) is 22.4 Å². The van der Waals surface area contributed by atoms with Crippen molar-refractivity contribution in [3.63, 3.8) is 0 Å². The summed E-state index contributed by atoms with van der Waals surface area (Å²) in [5.74, 6) is -2.24. The van der Waals surface area contributed by atoms with Crippen LogP contribution in [0.3, 0.4) is 0 Å². The van der Waals surface area contributed by atoms with E-state index in [-0.39, 0.29) is 6.04 Å². The van der Waals surface area contributed by atoms with Crippen LogP contribution in [0.1, 0.15) is 12.5 Å². The minimum atomic E-state index is -3.73. The number of hydrogen-bond donors (Lipinski definition) is 2. The quantitative estimate of drug-likeness (QED) is 0.790. The minimum Gasteiger partial charge on any atom is -0.480 e. The first-order chi connectivity index (χ1) is 7.39. The van der Waals surface area contributed by atoms with Gasteiger partial charge in [0.1, 0.15) is 0 Å². The van der Waals surface area contributed by atoms with Crippen molar-refractivity contribution in [2.24, 2.45) is 0 Å². The molecular formula is C9H13NO4S2. The van der Waals surface area contributed by atoms with Crippen LogP contribution in [0.25, 0.3) is 0 Å². The molecule has 1 heterocycles. The zero-order valence-corrected chi connectivity index (χ0v) is 10.3. The Hall–Kier alpha value is -0.920. The third-order valence-electron chi connectivity index (χ3n) is 1.82. The molecule has 1 aromatic rings. The Labute approximate surface area is 98.2 Å². The maximum atomic E-state index is 11.3. The van der Waals surface area contributed by atoms with Crippen LogP contribution in [0.5, 0.6) is 0 Å². The van der Waals surface area contributed by atoms with E-state index in [1.807, 2.05) is 16.8 Å². The van der Waals surface area contributed by atoms with E-state index in [4.69, 9.17) is 5.11 Å². The maximum Gasteiger partial charge on any atom is 0.320 e. The molecule has 0 bridgehead atoms. The van der Waals surface area contributed by atoms with E-state index in [2.05, 4.69) is 4.72 Å².